The molecule has 0 aromatic heterocycles. The van der Waals surface area contributed by atoms with Gasteiger partial charge >= 0.3 is 0 Å². The van der Waals surface area contributed by atoms with E-state index in [0.29, 0.717) is 0 Å². The van der Waals surface area contributed by atoms with Crippen LogP contribution in [-0.4, -0.2) is 13.1 Å². The Kier molecular flexibility index (Phi) is 5.47. The lowest BCUT2D eigenvalue weighted by Gasteiger charge is -2.28. The highest BCUT2D eigenvalue weighted by Crippen LogP contribution is 2.28. The molecule has 0 heterocycles. The van der Waals surface area contributed by atoms with E-state index in [1.165, 1.54) is 37.8 Å². The molecule has 0 saturated heterocycles. The zero-order valence-electron chi connectivity index (χ0n) is 11.4. The smallest absolute Gasteiger partial charge is 0.0138 e. The van der Waals surface area contributed by atoms with Crippen LogP contribution in [0, 0.1) is 11.8 Å². The molecule has 1 saturated carbocycles. The third kappa shape index (κ3) is 4.30. The summed E-state index contributed by atoms with van der Waals surface area (Å²) < 4.78 is 0. The second kappa shape index (κ2) is 7.38. The Morgan fingerprint density at radius 1 is 1.17 bits per heavy atom. The van der Waals surface area contributed by atoms with Crippen LogP contribution in [0.4, 0.5) is 0 Å². The van der Waals surface area contributed by atoms with E-state index in [1.807, 2.05) is 0 Å². The van der Waals surface area contributed by atoms with E-state index >= 15 is 0 Å². The fourth-order valence-corrected chi connectivity index (χ4v) is 2.81. The maximum atomic E-state index is 3.57. The van der Waals surface area contributed by atoms with Gasteiger partial charge in [-0.15, -0.1) is 0 Å². The fourth-order valence-electron chi connectivity index (χ4n) is 2.81. The highest BCUT2D eigenvalue weighted by molar-refractivity contribution is 5.48. The number of hydrogen-bond acceptors (Lipinski definition) is 1. The largest absolute Gasteiger partial charge is 0.313 e. The zero-order valence-corrected chi connectivity index (χ0v) is 11.4. The van der Waals surface area contributed by atoms with Gasteiger partial charge in [-0.1, -0.05) is 68.7 Å². The van der Waals surface area contributed by atoms with Crippen LogP contribution in [0.3, 0.4) is 0 Å². The predicted molar refractivity (Wildman–Crippen MR) is 79.5 cm³/mol. The Morgan fingerprint density at radius 3 is 2.72 bits per heavy atom. The minimum Gasteiger partial charge on any atom is -0.313 e. The molecule has 1 nitrogen and oxygen atoms in total. The lowest BCUT2D eigenvalue weighted by molar-refractivity contribution is 0.250. The molecule has 1 aliphatic rings. The van der Waals surface area contributed by atoms with Gasteiger partial charge in [0.1, 0.15) is 0 Å². The van der Waals surface area contributed by atoms with E-state index in [4.69, 9.17) is 0 Å². The summed E-state index contributed by atoms with van der Waals surface area (Å²) in [5.41, 5.74) is 1.28. The maximum absolute atomic E-state index is 3.57. The molecule has 1 aromatic rings. The molecule has 18 heavy (non-hydrogen) atoms. The van der Waals surface area contributed by atoms with Crippen LogP contribution in [0.5, 0.6) is 0 Å². The second-order valence-corrected chi connectivity index (χ2v) is 5.49. The van der Waals surface area contributed by atoms with E-state index in [2.05, 4.69) is 54.7 Å². The molecular weight excluding hydrogens is 218 g/mol. The summed E-state index contributed by atoms with van der Waals surface area (Å²) in [6.45, 7) is 4.57. The number of rotatable bonds is 5. The van der Waals surface area contributed by atoms with Gasteiger partial charge in [0.25, 0.3) is 0 Å². The second-order valence-electron chi connectivity index (χ2n) is 5.49. The lowest BCUT2D eigenvalue weighted by atomic mass is 9.80. The highest BCUT2D eigenvalue weighted by Gasteiger charge is 2.20. The Morgan fingerprint density at radius 2 is 1.94 bits per heavy atom. The Labute approximate surface area is 111 Å². The van der Waals surface area contributed by atoms with Gasteiger partial charge in [0.15, 0.2) is 0 Å². The molecular formula is C17H25N. The van der Waals surface area contributed by atoms with Crippen molar-refractivity contribution < 1.29 is 0 Å². The van der Waals surface area contributed by atoms with Crippen molar-refractivity contribution in [1.29, 1.82) is 0 Å². The van der Waals surface area contributed by atoms with Crippen molar-refractivity contribution in [1.82, 2.24) is 5.32 Å². The summed E-state index contributed by atoms with van der Waals surface area (Å²) in [6.07, 6.45) is 10.1. The summed E-state index contributed by atoms with van der Waals surface area (Å²) >= 11 is 0. The molecule has 1 N–H and O–H groups in total. The van der Waals surface area contributed by atoms with Crippen molar-refractivity contribution in [2.45, 2.75) is 32.6 Å². The minimum atomic E-state index is 0.892. The molecule has 0 bridgehead atoms. The molecule has 0 spiro atoms. The van der Waals surface area contributed by atoms with Gasteiger partial charge in [0.2, 0.25) is 0 Å². The van der Waals surface area contributed by atoms with Crippen molar-refractivity contribution in [3.8, 4) is 0 Å². The van der Waals surface area contributed by atoms with Crippen molar-refractivity contribution in [3.05, 3.63) is 42.0 Å². The standard InChI is InChI=1S/C17H25N/c1-15-8-5-6-12-17(15)14-18-13-7-11-16-9-3-2-4-10-16/h2-4,7,9-11,15,17-18H,5-6,8,12-14H2,1H3. The van der Waals surface area contributed by atoms with Gasteiger partial charge in [-0.3, -0.25) is 0 Å². The average Bonchev–Trinajstić information content (AvgIpc) is 2.42. The van der Waals surface area contributed by atoms with Crippen LogP contribution in [0.2, 0.25) is 0 Å². The SMILES string of the molecule is CC1CCCCC1CNCC=Cc1ccccc1. The molecule has 0 amide bonds. The molecule has 1 aliphatic carbocycles. The first-order chi connectivity index (χ1) is 8.86. The molecule has 1 aromatic carbocycles. The topological polar surface area (TPSA) is 12.0 Å². The van der Waals surface area contributed by atoms with Gasteiger partial charge in [-0.25, -0.2) is 0 Å². The Balaban J connectivity index is 1.65. The van der Waals surface area contributed by atoms with Crippen molar-refractivity contribution in [2.24, 2.45) is 11.8 Å². The molecule has 98 valence electrons. The summed E-state index contributed by atoms with van der Waals surface area (Å²) in [7, 11) is 0. The minimum absolute atomic E-state index is 0.892. The first-order valence-electron chi connectivity index (χ1n) is 7.28. The van der Waals surface area contributed by atoms with Crippen LogP contribution in [-0.2, 0) is 0 Å². The first-order valence-corrected chi connectivity index (χ1v) is 7.28. The van der Waals surface area contributed by atoms with E-state index in [1.54, 1.807) is 0 Å². The average molecular weight is 243 g/mol. The predicted octanol–water partition coefficient (Wildman–Crippen LogP) is 4.12. The summed E-state index contributed by atoms with van der Waals surface area (Å²) in [5, 5.41) is 3.57. The normalized spacial score (nSPS) is 24.5. The monoisotopic (exact) mass is 243 g/mol. The third-order valence-corrected chi connectivity index (χ3v) is 4.07. The van der Waals surface area contributed by atoms with Gasteiger partial charge in [0.05, 0.1) is 0 Å². The van der Waals surface area contributed by atoms with Crippen LogP contribution in [0.25, 0.3) is 6.08 Å². The van der Waals surface area contributed by atoms with Gasteiger partial charge in [0, 0.05) is 6.54 Å². The van der Waals surface area contributed by atoms with Gasteiger partial charge < -0.3 is 5.32 Å². The first kappa shape index (κ1) is 13.4. The number of nitrogens with one attached hydrogen (secondary N) is 1. The van der Waals surface area contributed by atoms with E-state index in [9.17, 15) is 0 Å². The maximum Gasteiger partial charge on any atom is 0.0138 e. The van der Waals surface area contributed by atoms with E-state index in [0.717, 1.165) is 18.4 Å². The third-order valence-electron chi connectivity index (χ3n) is 4.07. The van der Waals surface area contributed by atoms with Gasteiger partial charge in [-0.2, -0.15) is 0 Å². The summed E-state index contributed by atoms with van der Waals surface area (Å²) in [4.78, 5) is 0. The highest BCUT2D eigenvalue weighted by atomic mass is 14.8. The van der Waals surface area contributed by atoms with E-state index < -0.39 is 0 Å². The molecule has 2 unspecified atom stereocenters. The van der Waals surface area contributed by atoms with Gasteiger partial charge in [-0.05, 0) is 30.4 Å². The zero-order chi connectivity index (χ0) is 12.6. The molecule has 2 rings (SSSR count). The number of hydrogen-bond donors (Lipinski definition) is 1. The Bertz CT molecular complexity index is 355. The van der Waals surface area contributed by atoms with Crippen molar-refractivity contribution >= 4 is 6.08 Å². The fraction of sp³-hybridized carbons (Fsp3) is 0.529. The number of benzene rings is 1. The van der Waals surface area contributed by atoms with Crippen molar-refractivity contribution in [3.63, 3.8) is 0 Å². The summed E-state index contributed by atoms with van der Waals surface area (Å²) in [6, 6.07) is 10.5. The van der Waals surface area contributed by atoms with E-state index in [-0.39, 0.29) is 0 Å². The molecule has 1 fully saturated rings. The molecule has 0 radical (unpaired) electrons. The molecule has 0 aliphatic heterocycles. The quantitative estimate of drug-likeness (QED) is 0.767. The molecule has 2 atom stereocenters. The van der Waals surface area contributed by atoms with Crippen molar-refractivity contribution in [2.75, 3.05) is 13.1 Å². The Hall–Kier alpha value is -1.08. The van der Waals surface area contributed by atoms with Crippen LogP contribution in [0.15, 0.2) is 36.4 Å². The van der Waals surface area contributed by atoms with Crippen LogP contribution in [0.1, 0.15) is 38.2 Å². The van der Waals surface area contributed by atoms with Crippen LogP contribution >= 0.6 is 0 Å². The summed E-state index contributed by atoms with van der Waals surface area (Å²) in [5.74, 6) is 1.80. The lowest BCUT2D eigenvalue weighted by Crippen LogP contribution is -2.29. The molecule has 1 heteroatoms. The van der Waals surface area contributed by atoms with Crippen LogP contribution < -0.4 is 5.32 Å².